The van der Waals surface area contributed by atoms with Crippen LogP contribution >= 0.6 is 28.1 Å². The SMILES string of the molecule is Cc1cc(C=C2C(=O)NC(=S)N(c3ccccc3F)C2=O)c(C)n1-c1ccc(Br)cc1F. The number of carbonyl (C=O) groups is 2. The molecule has 9 heteroatoms. The molecule has 1 saturated heterocycles. The first-order chi connectivity index (χ1) is 15.2. The molecule has 0 spiro atoms. The van der Waals surface area contributed by atoms with Gasteiger partial charge in [0.25, 0.3) is 11.8 Å². The minimum Gasteiger partial charge on any atom is -0.315 e. The molecule has 0 bridgehead atoms. The van der Waals surface area contributed by atoms with Gasteiger partial charge in [0.1, 0.15) is 17.2 Å². The average Bonchev–Trinajstić information content (AvgIpc) is 3.00. The van der Waals surface area contributed by atoms with Gasteiger partial charge < -0.3 is 4.57 Å². The molecular weight excluding hydrogens is 500 g/mol. The highest BCUT2D eigenvalue weighted by Gasteiger charge is 2.36. The quantitative estimate of drug-likeness (QED) is 0.304. The smallest absolute Gasteiger partial charge is 0.270 e. The Kier molecular flexibility index (Phi) is 5.79. The molecule has 0 atom stereocenters. The zero-order valence-corrected chi connectivity index (χ0v) is 19.4. The number of nitrogens with zero attached hydrogens (tertiary/aromatic N) is 2. The summed E-state index contributed by atoms with van der Waals surface area (Å²) in [5.74, 6) is -2.51. The number of benzene rings is 2. The standard InChI is InChI=1S/C23H16BrF2N3O2S/c1-12-9-14(13(2)28(12)20-8-7-15(24)11-18(20)26)10-16-21(30)27-23(32)29(22(16)31)19-6-4-3-5-17(19)25/h3-11H,1-2H3,(H,27,30,32). The van der Waals surface area contributed by atoms with Crippen LogP contribution in [0.5, 0.6) is 0 Å². The van der Waals surface area contributed by atoms with Gasteiger partial charge >= 0.3 is 0 Å². The molecule has 1 aliphatic heterocycles. The van der Waals surface area contributed by atoms with Crippen molar-refractivity contribution in [3.63, 3.8) is 0 Å². The summed E-state index contributed by atoms with van der Waals surface area (Å²) in [6, 6.07) is 12.1. The van der Waals surface area contributed by atoms with Crippen LogP contribution in [-0.4, -0.2) is 21.5 Å². The summed E-state index contributed by atoms with van der Waals surface area (Å²) in [6.07, 6.45) is 1.41. The third kappa shape index (κ3) is 3.78. The molecule has 1 N–H and O–H groups in total. The zero-order chi connectivity index (χ0) is 23.2. The molecule has 1 aromatic heterocycles. The lowest BCUT2D eigenvalue weighted by Crippen LogP contribution is -2.54. The van der Waals surface area contributed by atoms with Crippen molar-refractivity contribution in [2.75, 3.05) is 4.90 Å². The summed E-state index contributed by atoms with van der Waals surface area (Å²) in [7, 11) is 0. The molecule has 1 aliphatic rings. The van der Waals surface area contributed by atoms with Crippen LogP contribution in [0.4, 0.5) is 14.5 Å². The molecule has 3 aromatic rings. The Morgan fingerprint density at radius 2 is 1.72 bits per heavy atom. The van der Waals surface area contributed by atoms with Crippen molar-refractivity contribution < 1.29 is 18.4 Å². The molecule has 0 unspecified atom stereocenters. The Morgan fingerprint density at radius 3 is 2.41 bits per heavy atom. The number of carbonyl (C=O) groups excluding carboxylic acids is 2. The fraction of sp³-hybridized carbons (Fsp3) is 0.0870. The second kappa shape index (κ2) is 8.40. The van der Waals surface area contributed by atoms with E-state index in [0.29, 0.717) is 27.1 Å². The predicted octanol–water partition coefficient (Wildman–Crippen LogP) is 4.97. The first kappa shape index (κ1) is 22.0. The van der Waals surface area contributed by atoms with E-state index in [-0.39, 0.29) is 16.4 Å². The number of halogens is 3. The van der Waals surface area contributed by atoms with Crippen LogP contribution in [0, 0.1) is 25.5 Å². The van der Waals surface area contributed by atoms with Crippen molar-refractivity contribution in [1.29, 1.82) is 0 Å². The van der Waals surface area contributed by atoms with E-state index >= 15 is 0 Å². The zero-order valence-electron chi connectivity index (χ0n) is 16.9. The van der Waals surface area contributed by atoms with Gasteiger partial charge in [0.2, 0.25) is 0 Å². The molecule has 2 heterocycles. The highest BCUT2D eigenvalue weighted by molar-refractivity contribution is 9.10. The van der Waals surface area contributed by atoms with Crippen molar-refractivity contribution in [3.05, 3.63) is 87.2 Å². The van der Waals surface area contributed by atoms with Gasteiger partial charge in [-0.15, -0.1) is 0 Å². The number of hydrogen-bond donors (Lipinski definition) is 1. The monoisotopic (exact) mass is 515 g/mol. The molecule has 32 heavy (non-hydrogen) atoms. The number of rotatable bonds is 3. The van der Waals surface area contributed by atoms with Gasteiger partial charge in [-0.05, 0) is 74.1 Å². The lowest BCUT2D eigenvalue weighted by molar-refractivity contribution is -0.122. The molecule has 2 aromatic carbocycles. The van der Waals surface area contributed by atoms with Crippen LogP contribution in [0.2, 0.25) is 0 Å². The third-order valence-corrected chi connectivity index (χ3v) is 5.89. The summed E-state index contributed by atoms with van der Waals surface area (Å²) >= 11 is 8.35. The van der Waals surface area contributed by atoms with Gasteiger partial charge in [0.15, 0.2) is 5.11 Å². The van der Waals surface area contributed by atoms with Gasteiger partial charge in [0.05, 0.1) is 11.4 Å². The Hall–Kier alpha value is -3.17. The van der Waals surface area contributed by atoms with E-state index in [0.717, 1.165) is 4.90 Å². The van der Waals surface area contributed by atoms with Gasteiger partial charge in [-0.25, -0.2) is 13.7 Å². The number of anilines is 1. The molecule has 1 fully saturated rings. The molecule has 4 rings (SSSR count). The minimum atomic E-state index is -0.747. The Balaban J connectivity index is 1.80. The van der Waals surface area contributed by atoms with E-state index in [1.165, 1.54) is 30.3 Å². The van der Waals surface area contributed by atoms with Crippen LogP contribution in [0.3, 0.4) is 0 Å². The maximum atomic E-state index is 14.6. The molecule has 162 valence electrons. The maximum Gasteiger partial charge on any atom is 0.270 e. The first-order valence-corrected chi connectivity index (χ1v) is 10.7. The number of amides is 2. The van der Waals surface area contributed by atoms with Gasteiger partial charge in [-0.1, -0.05) is 28.1 Å². The normalized spacial score (nSPS) is 15.5. The van der Waals surface area contributed by atoms with E-state index in [2.05, 4.69) is 21.2 Å². The number of thiocarbonyl (C=S) groups is 1. The molecule has 0 saturated carbocycles. The summed E-state index contributed by atoms with van der Waals surface area (Å²) in [4.78, 5) is 26.7. The van der Waals surface area contributed by atoms with Gasteiger partial charge in [-0.2, -0.15) is 0 Å². The highest BCUT2D eigenvalue weighted by Crippen LogP contribution is 2.28. The first-order valence-electron chi connectivity index (χ1n) is 9.49. The summed E-state index contributed by atoms with van der Waals surface area (Å²) in [5, 5.41) is 2.23. The Bertz CT molecular complexity index is 1330. The van der Waals surface area contributed by atoms with Crippen molar-refractivity contribution in [2.45, 2.75) is 13.8 Å². The summed E-state index contributed by atoms with van der Waals surface area (Å²) in [6.45, 7) is 3.55. The van der Waals surface area contributed by atoms with Crippen LogP contribution in [0.15, 0.2) is 58.6 Å². The molecule has 2 amide bonds. The fourth-order valence-corrected chi connectivity index (χ4v) is 4.24. The number of para-hydroxylation sites is 1. The number of nitrogens with one attached hydrogen (secondary N) is 1. The lowest BCUT2D eigenvalue weighted by Gasteiger charge is -2.29. The van der Waals surface area contributed by atoms with Crippen LogP contribution in [0.1, 0.15) is 17.0 Å². The van der Waals surface area contributed by atoms with Crippen molar-refractivity contribution in [3.8, 4) is 5.69 Å². The van der Waals surface area contributed by atoms with Crippen LogP contribution < -0.4 is 10.2 Å². The summed E-state index contributed by atoms with van der Waals surface area (Å²) < 4.78 is 31.2. The van der Waals surface area contributed by atoms with E-state index in [1.807, 2.05) is 0 Å². The van der Waals surface area contributed by atoms with E-state index in [9.17, 15) is 18.4 Å². The Morgan fingerprint density at radius 1 is 1.00 bits per heavy atom. The fourth-order valence-electron chi connectivity index (χ4n) is 3.63. The highest BCUT2D eigenvalue weighted by atomic mass is 79.9. The second-order valence-electron chi connectivity index (χ2n) is 7.17. The van der Waals surface area contributed by atoms with Crippen LogP contribution in [-0.2, 0) is 9.59 Å². The summed E-state index contributed by atoms with van der Waals surface area (Å²) in [5.41, 5.74) is 1.95. The van der Waals surface area contributed by atoms with E-state index in [1.54, 1.807) is 42.7 Å². The van der Waals surface area contributed by atoms with Crippen LogP contribution in [0.25, 0.3) is 11.8 Å². The lowest BCUT2D eigenvalue weighted by atomic mass is 10.1. The largest absolute Gasteiger partial charge is 0.315 e. The van der Waals surface area contributed by atoms with Gasteiger partial charge in [-0.3, -0.25) is 14.9 Å². The van der Waals surface area contributed by atoms with E-state index in [4.69, 9.17) is 12.2 Å². The number of aromatic nitrogens is 1. The topological polar surface area (TPSA) is 54.3 Å². The number of aryl methyl sites for hydroxylation is 1. The third-order valence-electron chi connectivity index (χ3n) is 5.12. The predicted molar refractivity (Wildman–Crippen MR) is 126 cm³/mol. The molecule has 5 nitrogen and oxygen atoms in total. The number of hydrogen-bond acceptors (Lipinski definition) is 3. The molecular formula is C23H16BrF2N3O2S. The molecule has 0 aliphatic carbocycles. The Labute approximate surface area is 196 Å². The average molecular weight is 516 g/mol. The minimum absolute atomic E-state index is 0.0594. The second-order valence-corrected chi connectivity index (χ2v) is 8.47. The van der Waals surface area contributed by atoms with E-state index < -0.39 is 23.4 Å². The maximum absolute atomic E-state index is 14.6. The van der Waals surface area contributed by atoms with Crippen molar-refractivity contribution in [1.82, 2.24) is 9.88 Å². The van der Waals surface area contributed by atoms with Crippen molar-refractivity contribution >= 4 is 56.8 Å². The van der Waals surface area contributed by atoms with Gasteiger partial charge in [0, 0.05) is 15.9 Å². The molecule has 0 radical (unpaired) electrons. The van der Waals surface area contributed by atoms with Crippen molar-refractivity contribution in [2.24, 2.45) is 0 Å².